The summed E-state index contributed by atoms with van der Waals surface area (Å²) in [5, 5.41) is 12.0. The Labute approximate surface area is 175 Å². The maximum Gasteiger partial charge on any atom is 0.222 e. The lowest BCUT2D eigenvalue weighted by atomic mass is 10.1. The number of anilines is 3. The number of hydrogen-bond donors (Lipinski definition) is 2. The molecule has 7 nitrogen and oxygen atoms in total. The third-order valence-electron chi connectivity index (χ3n) is 4.11. The molecule has 0 saturated heterocycles. The molecule has 9 heteroatoms. The Morgan fingerprint density at radius 1 is 0.903 bits per heavy atom. The summed E-state index contributed by atoms with van der Waals surface area (Å²) in [6, 6.07) is 16.7. The predicted octanol–water partition coefficient (Wildman–Crippen LogP) is 4.81. The van der Waals surface area contributed by atoms with E-state index in [1.165, 1.54) is 18.3 Å². The topological polar surface area (TPSA) is 110 Å². The number of nitriles is 1. The van der Waals surface area contributed by atoms with Crippen LogP contribution in [-0.4, -0.2) is 15.0 Å². The number of halogens is 2. The number of nitrogens with one attached hydrogen (secondary N) is 1. The number of nitrogens with zero attached hydrogens (tertiary/aromatic N) is 4. The van der Waals surface area contributed by atoms with Gasteiger partial charge < -0.3 is 15.8 Å². The molecule has 2 aromatic carbocycles. The summed E-state index contributed by atoms with van der Waals surface area (Å²) in [5.74, 6) is -0.0763. The molecule has 0 fully saturated rings. The number of hydrogen-bond acceptors (Lipinski definition) is 7. The first-order valence-electron chi connectivity index (χ1n) is 9.00. The number of aromatic nitrogens is 3. The van der Waals surface area contributed by atoms with Crippen LogP contribution in [0.4, 0.5) is 26.2 Å². The molecule has 0 saturated carbocycles. The molecule has 0 spiro atoms. The van der Waals surface area contributed by atoms with Crippen LogP contribution >= 0.6 is 0 Å². The van der Waals surface area contributed by atoms with Crippen molar-refractivity contribution in [2.24, 2.45) is 0 Å². The highest BCUT2D eigenvalue weighted by Crippen LogP contribution is 2.27. The SMILES string of the molecule is N#Cc1cc(Oc2ccc(Nc3cc(-c4cc(F)cc(F)c4)nc(N)n3)cc2)ccn1. The summed E-state index contributed by atoms with van der Waals surface area (Å²) in [4.78, 5) is 12.0. The van der Waals surface area contributed by atoms with Crippen LogP contribution < -0.4 is 15.8 Å². The monoisotopic (exact) mass is 416 g/mol. The van der Waals surface area contributed by atoms with E-state index in [1.54, 1.807) is 30.3 Å². The van der Waals surface area contributed by atoms with Crippen molar-refractivity contribution >= 4 is 17.5 Å². The molecule has 0 aliphatic rings. The van der Waals surface area contributed by atoms with Crippen LogP contribution in [0, 0.1) is 23.0 Å². The first-order valence-corrected chi connectivity index (χ1v) is 9.00. The summed E-state index contributed by atoms with van der Waals surface area (Å²) in [7, 11) is 0. The Kier molecular flexibility index (Phi) is 5.36. The Morgan fingerprint density at radius 2 is 1.65 bits per heavy atom. The highest BCUT2D eigenvalue weighted by molar-refractivity contribution is 5.67. The standard InChI is InChI=1S/C22H14F2N6O/c23-14-7-13(8-15(24)9-14)20-11-21(30-22(26)29-20)28-16-1-3-18(4-2-16)31-19-5-6-27-17(10-19)12-25/h1-11H,(H3,26,28,29,30). The molecule has 3 N–H and O–H groups in total. The summed E-state index contributed by atoms with van der Waals surface area (Å²) in [5.41, 5.74) is 7.21. The van der Waals surface area contributed by atoms with Gasteiger partial charge in [0, 0.05) is 35.6 Å². The number of benzene rings is 2. The summed E-state index contributed by atoms with van der Waals surface area (Å²) < 4.78 is 32.8. The van der Waals surface area contributed by atoms with E-state index in [0.717, 1.165) is 18.2 Å². The van der Waals surface area contributed by atoms with Gasteiger partial charge in [-0.15, -0.1) is 0 Å². The van der Waals surface area contributed by atoms with Crippen molar-refractivity contribution in [1.29, 1.82) is 5.26 Å². The van der Waals surface area contributed by atoms with E-state index < -0.39 is 11.6 Å². The van der Waals surface area contributed by atoms with E-state index >= 15 is 0 Å². The molecule has 0 unspecified atom stereocenters. The minimum atomic E-state index is -0.714. The van der Waals surface area contributed by atoms with Gasteiger partial charge in [-0.05, 0) is 42.5 Å². The molecule has 2 aromatic heterocycles. The lowest BCUT2D eigenvalue weighted by Crippen LogP contribution is -2.02. The minimum absolute atomic E-state index is 0.0457. The van der Waals surface area contributed by atoms with Crippen molar-refractivity contribution in [3.63, 3.8) is 0 Å². The van der Waals surface area contributed by atoms with Gasteiger partial charge >= 0.3 is 0 Å². The van der Waals surface area contributed by atoms with Crippen LogP contribution in [0.15, 0.2) is 66.9 Å². The fraction of sp³-hybridized carbons (Fsp3) is 0. The van der Waals surface area contributed by atoms with E-state index in [4.69, 9.17) is 15.7 Å². The van der Waals surface area contributed by atoms with Crippen LogP contribution in [0.3, 0.4) is 0 Å². The van der Waals surface area contributed by atoms with Gasteiger partial charge in [0.05, 0.1) is 5.69 Å². The largest absolute Gasteiger partial charge is 0.457 e. The maximum absolute atomic E-state index is 13.5. The van der Waals surface area contributed by atoms with Gasteiger partial charge in [-0.2, -0.15) is 10.2 Å². The van der Waals surface area contributed by atoms with Gasteiger partial charge in [-0.1, -0.05) is 0 Å². The van der Waals surface area contributed by atoms with Gasteiger partial charge in [0.25, 0.3) is 0 Å². The number of ether oxygens (including phenoxy) is 1. The van der Waals surface area contributed by atoms with E-state index in [-0.39, 0.29) is 22.9 Å². The van der Waals surface area contributed by atoms with Crippen molar-refractivity contribution in [3.05, 3.63) is 84.2 Å². The predicted molar refractivity (Wildman–Crippen MR) is 111 cm³/mol. The molecule has 4 aromatic rings. The average molecular weight is 416 g/mol. The molecular formula is C22H14F2N6O. The second kappa shape index (κ2) is 8.42. The molecule has 4 rings (SSSR count). The summed E-state index contributed by atoms with van der Waals surface area (Å²) in [6.07, 6.45) is 1.49. The van der Waals surface area contributed by atoms with E-state index in [1.807, 2.05) is 6.07 Å². The van der Waals surface area contributed by atoms with Crippen molar-refractivity contribution in [2.75, 3.05) is 11.1 Å². The Morgan fingerprint density at radius 3 is 2.35 bits per heavy atom. The number of nitrogen functional groups attached to an aromatic ring is 1. The quantitative estimate of drug-likeness (QED) is 0.480. The molecule has 0 amide bonds. The maximum atomic E-state index is 13.5. The zero-order chi connectivity index (χ0) is 21.8. The normalized spacial score (nSPS) is 10.4. The van der Waals surface area contributed by atoms with Crippen molar-refractivity contribution in [2.45, 2.75) is 0 Å². The van der Waals surface area contributed by atoms with Crippen molar-refractivity contribution < 1.29 is 13.5 Å². The lowest BCUT2D eigenvalue weighted by Gasteiger charge is -2.10. The molecule has 2 heterocycles. The first-order chi connectivity index (χ1) is 15.0. The van der Waals surface area contributed by atoms with E-state index in [0.29, 0.717) is 23.0 Å². The highest BCUT2D eigenvalue weighted by atomic mass is 19.1. The number of pyridine rings is 1. The van der Waals surface area contributed by atoms with Crippen LogP contribution in [0.5, 0.6) is 11.5 Å². The van der Waals surface area contributed by atoms with E-state index in [2.05, 4.69) is 20.3 Å². The smallest absolute Gasteiger partial charge is 0.222 e. The van der Waals surface area contributed by atoms with Crippen molar-refractivity contribution in [3.8, 4) is 28.8 Å². The van der Waals surface area contributed by atoms with Crippen LogP contribution in [0.25, 0.3) is 11.3 Å². The fourth-order valence-corrected chi connectivity index (χ4v) is 2.81. The fourth-order valence-electron chi connectivity index (χ4n) is 2.81. The van der Waals surface area contributed by atoms with Gasteiger partial charge in [0.15, 0.2) is 0 Å². The highest BCUT2D eigenvalue weighted by Gasteiger charge is 2.09. The molecule has 152 valence electrons. The summed E-state index contributed by atoms with van der Waals surface area (Å²) >= 11 is 0. The number of nitrogens with two attached hydrogens (primary N) is 1. The Hall–Kier alpha value is -4.58. The second-order valence-corrected chi connectivity index (χ2v) is 6.39. The Balaban J connectivity index is 1.53. The molecule has 31 heavy (non-hydrogen) atoms. The minimum Gasteiger partial charge on any atom is -0.457 e. The zero-order valence-electron chi connectivity index (χ0n) is 15.9. The first kappa shape index (κ1) is 19.7. The molecule has 0 aliphatic heterocycles. The van der Waals surface area contributed by atoms with Gasteiger partial charge in [0.2, 0.25) is 5.95 Å². The van der Waals surface area contributed by atoms with Crippen LogP contribution in [0.1, 0.15) is 5.69 Å². The second-order valence-electron chi connectivity index (χ2n) is 6.39. The molecule has 0 aliphatic carbocycles. The lowest BCUT2D eigenvalue weighted by molar-refractivity contribution is 0.482. The molecule has 0 atom stereocenters. The molecule has 0 bridgehead atoms. The van der Waals surface area contributed by atoms with Gasteiger partial charge in [-0.25, -0.2) is 18.7 Å². The van der Waals surface area contributed by atoms with Crippen LogP contribution in [0.2, 0.25) is 0 Å². The average Bonchev–Trinajstić information content (AvgIpc) is 2.74. The molecular weight excluding hydrogens is 402 g/mol. The Bertz CT molecular complexity index is 1270. The van der Waals surface area contributed by atoms with E-state index in [9.17, 15) is 8.78 Å². The summed E-state index contributed by atoms with van der Waals surface area (Å²) in [6.45, 7) is 0. The van der Waals surface area contributed by atoms with Crippen LogP contribution in [-0.2, 0) is 0 Å². The van der Waals surface area contributed by atoms with Crippen molar-refractivity contribution in [1.82, 2.24) is 15.0 Å². The van der Waals surface area contributed by atoms with Gasteiger partial charge in [-0.3, -0.25) is 0 Å². The third kappa shape index (κ3) is 4.89. The zero-order valence-corrected chi connectivity index (χ0v) is 15.9. The third-order valence-corrected chi connectivity index (χ3v) is 4.11. The number of rotatable bonds is 5. The van der Waals surface area contributed by atoms with Gasteiger partial charge in [0.1, 0.15) is 40.7 Å². The molecule has 0 radical (unpaired) electrons.